The first-order chi connectivity index (χ1) is 9.11. The Morgan fingerprint density at radius 2 is 2.37 bits per heavy atom. The summed E-state index contributed by atoms with van der Waals surface area (Å²) in [5.41, 5.74) is 1.81. The molecule has 0 aliphatic heterocycles. The zero-order chi connectivity index (χ0) is 13.8. The van der Waals surface area contributed by atoms with Crippen LogP contribution in [0.25, 0.3) is 10.6 Å². The summed E-state index contributed by atoms with van der Waals surface area (Å²) < 4.78 is 0. The average Bonchev–Trinajstić information content (AvgIpc) is 2.97. The molecule has 19 heavy (non-hydrogen) atoms. The molecule has 2 aromatic heterocycles. The highest BCUT2D eigenvalue weighted by Gasteiger charge is 2.17. The molecule has 0 aliphatic rings. The van der Waals surface area contributed by atoms with Crippen LogP contribution in [0.15, 0.2) is 16.8 Å². The van der Waals surface area contributed by atoms with E-state index >= 15 is 0 Å². The third kappa shape index (κ3) is 3.40. The van der Waals surface area contributed by atoms with E-state index < -0.39 is 0 Å². The molecule has 0 saturated heterocycles. The molecule has 0 fully saturated rings. The first-order valence-electron chi connectivity index (χ1n) is 6.03. The van der Waals surface area contributed by atoms with E-state index in [1.54, 1.807) is 11.3 Å². The van der Waals surface area contributed by atoms with Gasteiger partial charge in [-0.05, 0) is 31.7 Å². The van der Waals surface area contributed by atoms with Gasteiger partial charge in [0.05, 0.1) is 5.69 Å². The Morgan fingerprint density at radius 1 is 1.58 bits per heavy atom. The van der Waals surface area contributed by atoms with Crippen LogP contribution in [0.2, 0.25) is 0 Å². The van der Waals surface area contributed by atoms with Crippen molar-refractivity contribution in [3.63, 3.8) is 0 Å². The summed E-state index contributed by atoms with van der Waals surface area (Å²) in [5, 5.41) is 16.6. The van der Waals surface area contributed by atoms with Gasteiger partial charge < -0.3 is 10.4 Å². The van der Waals surface area contributed by atoms with E-state index in [9.17, 15) is 4.79 Å². The largest absolute Gasteiger partial charge is 0.396 e. The second-order valence-corrected chi connectivity index (χ2v) is 6.11. The second-order valence-electron chi connectivity index (χ2n) is 4.33. The lowest BCUT2D eigenvalue weighted by molar-refractivity contribution is 0.0937. The summed E-state index contributed by atoms with van der Waals surface area (Å²) in [6.07, 6.45) is 0.557. The fraction of sp³-hybridized carbons (Fsp3) is 0.385. The summed E-state index contributed by atoms with van der Waals surface area (Å²) in [4.78, 5) is 17.2. The van der Waals surface area contributed by atoms with E-state index in [2.05, 4.69) is 10.3 Å². The number of aromatic nitrogens is 1. The monoisotopic (exact) mass is 296 g/mol. The molecule has 0 radical (unpaired) electrons. The highest BCUT2D eigenvalue weighted by Crippen LogP contribution is 2.29. The third-order valence-corrected chi connectivity index (χ3v) is 4.60. The van der Waals surface area contributed by atoms with Crippen molar-refractivity contribution in [2.45, 2.75) is 26.3 Å². The number of aliphatic hydroxyl groups excluding tert-OH is 1. The third-order valence-electron chi connectivity index (χ3n) is 2.71. The van der Waals surface area contributed by atoms with Crippen LogP contribution in [0.5, 0.6) is 0 Å². The van der Waals surface area contributed by atoms with Gasteiger partial charge in [-0.25, -0.2) is 4.98 Å². The van der Waals surface area contributed by atoms with E-state index in [4.69, 9.17) is 5.11 Å². The minimum absolute atomic E-state index is 0.0383. The summed E-state index contributed by atoms with van der Waals surface area (Å²) in [6, 6.07) is 1.96. The zero-order valence-corrected chi connectivity index (χ0v) is 12.5. The lowest BCUT2D eigenvalue weighted by Crippen LogP contribution is -2.33. The molecule has 1 unspecified atom stereocenters. The van der Waals surface area contributed by atoms with E-state index in [0.717, 1.165) is 16.3 Å². The zero-order valence-electron chi connectivity index (χ0n) is 10.8. The van der Waals surface area contributed by atoms with Crippen molar-refractivity contribution in [2.24, 2.45) is 0 Å². The molecule has 2 heterocycles. The van der Waals surface area contributed by atoms with Crippen LogP contribution < -0.4 is 5.32 Å². The Hall–Kier alpha value is -1.24. The molecule has 2 N–H and O–H groups in total. The summed E-state index contributed by atoms with van der Waals surface area (Å²) in [7, 11) is 0. The fourth-order valence-electron chi connectivity index (χ4n) is 1.67. The molecule has 1 amide bonds. The van der Waals surface area contributed by atoms with Crippen LogP contribution in [0.4, 0.5) is 0 Å². The van der Waals surface area contributed by atoms with Crippen LogP contribution in [0.3, 0.4) is 0 Å². The minimum atomic E-state index is -0.113. The SMILES string of the molecule is Cc1nc(-c2ccsc2)sc1C(=O)NC(C)CCO. The van der Waals surface area contributed by atoms with E-state index in [-0.39, 0.29) is 18.6 Å². The number of hydrogen-bond acceptors (Lipinski definition) is 5. The number of hydrogen-bond donors (Lipinski definition) is 2. The number of thiazole rings is 1. The van der Waals surface area contributed by atoms with Gasteiger partial charge in [0.15, 0.2) is 0 Å². The highest BCUT2D eigenvalue weighted by atomic mass is 32.1. The van der Waals surface area contributed by atoms with Crippen molar-refractivity contribution in [2.75, 3.05) is 6.61 Å². The maximum absolute atomic E-state index is 12.1. The molecule has 0 spiro atoms. The summed E-state index contributed by atoms with van der Waals surface area (Å²) in [6.45, 7) is 3.80. The van der Waals surface area contributed by atoms with Gasteiger partial charge >= 0.3 is 0 Å². The molecule has 2 aromatic rings. The molecule has 0 saturated carbocycles. The molecule has 4 nitrogen and oxygen atoms in total. The van der Waals surface area contributed by atoms with Gasteiger partial charge in [-0.1, -0.05) is 0 Å². The van der Waals surface area contributed by atoms with Crippen molar-refractivity contribution in [1.82, 2.24) is 10.3 Å². The maximum Gasteiger partial charge on any atom is 0.263 e. The van der Waals surface area contributed by atoms with Gasteiger partial charge in [0.25, 0.3) is 5.91 Å². The van der Waals surface area contributed by atoms with E-state index in [1.807, 2.05) is 30.7 Å². The maximum atomic E-state index is 12.1. The number of rotatable bonds is 5. The Kier molecular flexibility index (Phi) is 4.68. The van der Waals surface area contributed by atoms with Crippen molar-refractivity contribution in [3.8, 4) is 10.6 Å². The molecule has 2 rings (SSSR count). The quantitative estimate of drug-likeness (QED) is 0.891. The Morgan fingerprint density at radius 3 is 3.00 bits per heavy atom. The van der Waals surface area contributed by atoms with Crippen LogP contribution in [-0.4, -0.2) is 28.6 Å². The Labute approximate surface area is 120 Å². The number of thiophene rings is 1. The Balaban J connectivity index is 2.14. The number of aliphatic hydroxyl groups is 1. The molecular formula is C13H16N2O2S2. The number of carbonyl (C=O) groups excluding carboxylic acids is 1. The average molecular weight is 296 g/mol. The van der Waals surface area contributed by atoms with Gasteiger partial charge in [-0.2, -0.15) is 11.3 Å². The van der Waals surface area contributed by atoms with E-state index in [1.165, 1.54) is 11.3 Å². The smallest absolute Gasteiger partial charge is 0.263 e. The molecule has 1 atom stereocenters. The molecule has 102 valence electrons. The lowest BCUT2D eigenvalue weighted by Gasteiger charge is -2.11. The minimum Gasteiger partial charge on any atom is -0.396 e. The molecule has 6 heteroatoms. The highest BCUT2D eigenvalue weighted by molar-refractivity contribution is 7.17. The predicted octanol–water partition coefficient (Wildman–Crippen LogP) is 2.68. The van der Waals surface area contributed by atoms with Crippen LogP contribution >= 0.6 is 22.7 Å². The first-order valence-corrected chi connectivity index (χ1v) is 7.79. The van der Waals surface area contributed by atoms with Crippen molar-refractivity contribution in [1.29, 1.82) is 0 Å². The van der Waals surface area contributed by atoms with Crippen molar-refractivity contribution < 1.29 is 9.90 Å². The lowest BCUT2D eigenvalue weighted by atomic mass is 10.2. The van der Waals surface area contributed by atoms with Gasteiger partial charge in [0.1, 0.15) is 9.88 Å². The number of aryl methyl sites for hydroxylation is 1. The normalized spacial score (nSPS) is 12.4. The van der Waals surface area contributed by atoms with Crippen molar-refractivity contribution in [3.05, 3.63) is 27.4 Å². The predicted molar refractivity (Wildman–Crippen MR) is 78.8 cm³/mol. The van der Waals surface area contributed by atoms with Gasteiger partial charge in [-0.15, -0.1) is 11.3 Å². The van der Waals surface area contributed by atoms with E-state index in [0.29, 0.717) is 11.3 Å². The fourth-order valence-corrected chi connectivity index (χ4v) is 3.35. The standard InChI is InChI=1S/C13H16N2O2S2/c1-8(3-5-16)14-12(17)11-9(2)15-13(19-11)10-4-6-18-7-10/h4,6-8,16H,3,5H2,1-2H3,(H,14,17). The topological polar surface area (TPSA) is 62.2 Å². The summed E-state index contributed by atoms with van der Waals surface area (Å²) in [5.74, 6) is -0.113. The van der Waals surface area contributed by atoms with Gasteiger partial charge in [0, 0.05) is 23.6 Å². The molecule has 0 bridgehead atoms. The van der Waals surface area contributed by atoms with Crippen LogP contribution in [-0.2, 0) is 0 Å². The molecule has 0 aliphatic carbocycles. The number of nitrogens with one attached hydrogen (secondary N) is 1. The van der Waals surface area contributed by atoms with Gasteiger partial charge in [-0.3, -0.25) is 4.79 Å². The number of carbonyl (C=O) groups is 1. The van der Waals surface area contributed by atoms with Crippen molar-refractivity contribution >= 4 is 28.6 Å². The molecular weight excluding hydrogens is 280 g/mol. The number of nitrogens with zero attached hydrogens (tertiary/aromatic N) is 1. The second kappa shape index (κ2) is 6.27. The molecule has 0 aromatic carbocycles. The van der Waals surface area contributed by atoms with Crippen LogP contribution in [0.1, 0.15) is 28.7 Å². The number of amides is 1. The van der Waals surface area contributed by atoms with Crippen LogP contribution in [0, 0.1) is 6.92 Å². The summed E-state index contributed by atoms with van der Waals surface area (Å²) >= 11 is 3.02. The van der Waals surface area contributed by atoms with Gasteiger partial charge in [0.2, 0.25) is 0 Å². The first kappa shape index (κ1) is 14.2. The Bertz CT molecular complexity index is 549.